The highest BCUT2D eigenvalue weighted by molar-refractivity contribution is 6.92. The molecule has 118 valence electrons. The molecule has 0 bridgehead atoms. The van der Waals surface area contributed by atoms with Crippen LogP contribution in [0.5, 0.6) is 0 Å². The largest absolute Gasteiger partial charge is 0.399 e. The molecule has 0 unspecified atom stereocenters. The van der Waals surface area contributed by atoms with Crippen LogP contribution in [0.15, 0.2) is 22.8 Å². The van der Waals surface area contributed by atoms with Gasteiger partial charge in [0.15, 0.2) is 0 Å². The van der Waals surface area contributed by atoms with Gasteiger partial charge in [0.2, 0.25) is 0 Å². The quantitative estimate of drug-likeness (QED) is 0.658. The van der Waals surface area contributed by atoms with Crippen LogP contribution in [0.25, 0.3) is 0 Å². The van der Waals surface area contributed by atoms with Crippen LogP contribution in [-0.2, 0) is 8.85 Å². The highest BCUT2D eigenvalue weighted by atomic mass is 28.4. The van der Waals surface area contributed by atoms with Crippen molar-refractivity contribution in [3.63, 3.8) is 0 Å². The summed E-state index contributed by atoms with van der Waals surface area (Å²) in [5.41, 5.74) is 9.30. The Morgan fingerprint density at radius 1 is 0.850 bits per heavy atom. The van der Waals surface area contributed by atoms with E-state index in [2.05, 4.69) is 56.3 Å². The van der Waals surface area contributed by atoms with Crippen LogP contribution in [-0.4, -0.2) is 50.3 Å². The zero-order valence-corrected chi connectivity index (χ0v) is 17.2. The van der Waals surface area contributed by atoms with Crippen LogP contribution in [0.4, 0.5) is 0 Å². The van der Waals surface area contributed by atoms with E-state index in [4.69, 9.17) is 8.85 Å². The predicted molar refractivity (Wildman–Crippen MR) is 95.2 cm³/mol. The molecule has 0 saturated heterocycles. The molecule has 0 heterocycles. The molecule has 1 N–H and O–H groups in total. The van der Waals surface area contributed by atoms with Gasteiger partial charge in [-0.15, -0.1) is 0 Å². The van der Waals surface area contributed by atoms with Gasteiger partial charge in [-0.25, -0.2) is 0 Å². The maximum absolute atomic E-state index is 9.45. The highest BCUT2D eigenvalue weighted by Crippen LogP contribution is 2.22. The summed E-state index contributed by atoms with van der Waals surface area (Å²) in [6, 6.07) is 2.34. The molecule has 0 amide bonds. The van der Waals surface area contributed by atoms with Crippen LogP contribution in [0, 0.1) is 0 Å². The second-order valence-corrected chi connectivity index (χ2v) is 18.5. The van der Waals surface area contributed by atoms with Crippen molar-refractivity contribution in [2.45, 2.75) is 45.6 Å². The van der Waals surface area contributed by atoms with Crippen LogP contribution >= 0.6 is 0 Å². The molecule has 0 aliphatic rings. The summed E-state index contributed by atoms with van der Waals surface area (Å²) in [6.45, 7) is 11.0. The Bertz CT molecular complexity index is 333. The Kier molecular flexibility index (Phi) is 8.46. The number of hydrogen-bond acceptors (Lipinski definition) is 3. The molecule has 3 nitrogen and oxygen atoms in total. The lowest BCUT2D eigenvalue weighted by Gasteiger charge is -2.26. The molecule has 0 aliphatic heterocycles. The first-order valence-corrected chi connectivity index (χ1v) is 15.6. The van der Waals surface area contributed by atoms with E-state index in [-0.39, 0.29) is 0 Å². The normalized spacial score (nSPS) is 14.6. The Balaban J connectivity index is 5.27. The molecule has 6 heteroatoms. The van der Waals surface area contributed by atoms with Crippen molar-refractivity contribution in [2.24, 2.45) is 0 Å². The van der Waals surface area contributed by atoms with Crippen molar-refractivity contribution in [3.8, 4) is 0 Å². The Morgan fingerprint density at radius 3 is 1.65 bits per heavy atom. The van der Waals surface area contributed by atoms with E-state index < -0.39 is 24.7 Å². The summed E-state index contributed by atoms with van der Waals surface area (Å²) in [6.07, 6.45) is 0.313. The molecule has 0 rings (SSSR count). The summed E-state index contributed by atoms with van der Waals surface area (Å²) in [5, 5.41) is 9.45. The van der Waals surface area contributed by atoms with E-state index >= 15 is 0 Å². The second-order valence-electron chi connectivity index (χ2n) is 6.18. The van der Waals surface area contributed by atoms with Crippen LogP contribution < -0.4 is 0 Å². The molecule has 0 radical (unpaired) electrons. The molecule has 0 atom stereocenters. The number of hydrogen-bond donors (Lipinski definition) is 1. The minimum atomic E-state index is -2.14. The third-order valence-electron chi connectivity index (χ3n) is 4.12. The third-order valence-corrected chi connectivity index (χ3v) is 13.4. The van der Waals surface area contributed by atoms with Gasteiger partial charge in [0.25, 0.3) is 0 Å². The van der Waals surface area contributed by atoms with E-state index in [0.29, 0.717) is 6.23 Å². The number of aliphatic hydroxyl groups excluding tert-OH is 1. The Hall–Kier alpha value is 0.0106. The molecule has 20 heavy (non-hydrogen) atoms. The fourth-order valence-corrected chi connectivity index (χ4v) is 9.53. The lowest BCUT2D eigenvalue weighted by Crippen LogP contribution is -2.37. The first-order chi connectivity index (χ1) is 9.22. The molecular formula is C14H32O3Si3. The lowest BCUT2D eigenvalue weighted by molar-refractivity contribution is 0.264. The van der Waals surface area contributed by atoms with Gasteiger partial charge < -0.3 is 14.0 Å². The van der Waals surface area contributed by atoms with E-state index in [1.807, 2.05) is 0 Å². The SMILES string of the molecule is CC[Si](C=C[Si](C)(C)CO)(C=C[Si](C)(OC)OC)CC. The van der Waals surface area contributed by atoms with Crippen LogP contribution in [0.1, 0.15) is 13.8 Å². The van der Waals surface area contributed by atoms with Crippen LogP contribution in [0.2, 0.25) is 31.7 Å². The number of aliphatic hydroxyl groups is 1. The van der Waals surface area contributed by atoms with Crippen molar-refractivity contribution < 1.29 is 14.0 Å². The molecule has 0 spiro atoms. The van der Waals surface area contributed by atoms with Gasteiger partial charge in [-0.2, -0.15) is 0 Å². The molecule has 0 aromatic rings. The van der Waals surface area contributed by atoms with Crippen LogP contribution in [0.3, 0.4) is 0 Å². The average Bonchev–Trinajstić information content (AvgIpc) is 2.48. The predicted octanol–water partition coefficient (Wildman–Crippen LogP) is 3.35. The fourth-order valence-electron chi connectivity index (χ4n) is 1.76. The maximum Gasteiger partial charge on any atom is 0.360 e. The summed E-state index contributed by atoms with van der Waals surface area (Å²) in [7, 11) is -1.86. The topological polar surface area (TPSA) is 38.7 Å². The molecular weight excluding hydrogens is 300 g/mol. The summed E-state index contributed by atoms with van der Waals surface area (Å²) in [5.74, 6) is 0. The van der Waals surface area contributed by atoms with E-state index in [0.717, 1.165) is 0 Å². The maximum atomic E-state index is 9.45. The molecule has 0 aliphatic carbocycles. The van der Waals surface area contributed by atoms with Crippen molar-refractivity contribution >= 4 is 24.7 Å². The lowest BCUT2D eigenvalue weighted by atomic mass is 10.9. The van der Waals surface area contributed by atoms with E-state index in [1.165, 1.54) is 12.1 Å². The van der Waals surface area contributed by atoms with E-state index in [1.54, 1.807) is 14.2 Å². The van der Waals surface area contributed by atoms with Crippen molar-refractivity contribution in [2.75, 3.05) is 20.4 Å². The monoisotopic (exact) mass is 332 g/mol. The summed E-state index contributed by atoms with van der Waals surface area (Å²) < 4.78 is 11.1. The van der Waals surface area contributed by atoms with Crippen molar-refractivity contribution in [3.05, 3.63) is 22.8 Å². The summed E-state index contributed by atoms with van der Waals surface area (Å²) in [4.78, 5) is 0. The zero-order valence-electron chi connectivity index (χ0n) is 14.2. The Morgan fingerprint density at radius 2 is 1.30 bits per heavy atom. The third kappa shape index (κ3) is 6.19. The smallest absolute Gasteiger partial charge is 0.360 e. The van der Waals surface area contributed by atoms with Gasteiger partial charge >= 0.3 is 8.56 Å². The van der Waals surface area contributed by atoms with Crippen molar-refractivity contribution in [1.29, 1.82) is 0 Å². The minimum Gasteiger partial charge on any atom is -0.399 e. The minimum absolute atomic E-state index is 0.313. The average molecular weight is 333 g/mol. The standard InChI is InChI=1S/C14H32O3Si3/c1-8-20(9-2,12-10-18(5,6)14-15)13-11-19(7,16-3)17-4/h10-13,15H,8-9,14H2,1-7H3. The van der Waals surface area contributed by atoms with Gasteiger partial charge in [0, 0.05) is 20.4 Å². The fraction of sp³-hybridized carbons (Fsp3) is 0.714. The van der Waals surface area contributed by atoms with Crippen molar-refractivity contribution in [1.82, 2.24) is 0 Å². The second kappa shape index (κ2) is 8.45. The van der Waals surface area contributed by atoms with E-state index in [9.17, 15) is 5.11 Å². The zero-order chi connectivity index (χ0) is 15.9. The van der Waals surface area contributed by atoms with Gasteiger partial charge in [0.05, 0.1) is 16.1 Å². The molecule has 0 saturated carbocycles. The highest BCUT2D eigenvalue weighted by Gasteiger charge is 2.29. The van der Waals surface area contributed by atoms with Gasteiger partial charge in [-0.3, -0.25) is 0 Å². The van der Waals surface area contributed by atoms with Gasteiger partial charge in [0.1, 0.15) is 0 Å². The molecule has 0 aromatic carbocycles. The first kappa shape index (κ1) is 20.0. The Labute approximate surface area is 128 Å². The summed E-state index contributed by atoms with van der Waals surface area (Å²) >= 11 is 0. The van der Waals surface area contributed by atoms with Gasteiger partial charge in [-0.05, 0) is 6.55 Å². The first-order valence-electron chi connectivity index (χ1n) is 7.34. The van der Waals surface area contributed by atoms with Gasteiger partial charge in [-0.1, -0.05) is 61.8 Å². The molecule has 0 fully saturated rings. The molecule has 0 aromatic heterocycles. The number of rotatable bonds is 9.